The molecule has 0 aliphatic carbocycles. The van der Waals surface area contributed by atoms with Crippen molar-refractivity contribution in [2.45, 2.75) is 50.5 Å². The molecule has 2 atom stereocenters. The van der Waals surface area contributed by atoms with Crippen LogP contribution in [-0.2, 0) is 5.41 Å². The van der Waals surface area contributed by atoms with E-state index < -0.39 is 0 Å². The molecule has 0 bridgehead atoms. The number of aromatic hydroxyl groups is 1. The van der Waals surface area contributed by atoms with Crippen LogP contribution in [0.2, 0.25) is 0 Å². The second-order valence-electron chi connectivity index (χ2n) is 10.7. The van der Waals surface area contributed by atoms with Crippen molar-refractivity contribution in [1.29, 1.82) is 0 Å². The summed E-state index contributed by atoms with van der Waals surface area (Å²) in [6.45, 7) is 8.93. The average molecular weight is 503 g/mol. The maximum Gasteiger partial charge on any atom is 0.254 e. The van der Waals surface area contributed by atoms with E-state index in [0.717, 1.165) is 41.7 Å². The lowest BCUT2D eigenvalue weighted by Crippen LogP contribution is -2.38. The van der Waals surface area contributed by atoms with E-state index in [2.05, 4.69) is 61.2 Å². The van der Waals surface area contributed by atoms with Gasteiger partial charge in [0.15, 0.2) is 6.61 Å². The third kappa shape index (κ3) is 5.42. The number of rotatable bonds is 8. The first-order valence-electron chi connectivity index (χ1n) is 13.5. The third-order valence-electron chi connectivity index (χ3n) is 8.07. The molecule has 2 aliphatic heterocycles. The Morgan fingerprint density at radius 1 is 0.838 bits per heavy atom. The van der Waals surface area contributed by atoms with Gasteiger partial charge < -0.3 is 18.9 Å². The van der Waals surface area contributed by atoms with Crippen molar-refractivity contribution in [3.8, 4) is 23.0 Å². The van der Waals surface area contributed by atoms with Crippen LogP contribution in [0.1, 0.15) is 61.8 Å². The molecule has 1 fully saturated rings. The standard InChI is InChI=1S/C32H39NO4/c1-32(2)28-17-16-27(35-4)22-29(28)37-31(30(32)23-8-12-25(34-3)13-9-23)24-10-14-26(15-11-24)36-21-20-33-18-6-5-7-19-33/h8-17,22,30-31H,5-7,18-21H2,1-4H3/p+1. The summed E-state index contributed by atoms with van der Waals surface area (Å²) in [5.41, 5.74) is 3.40. The van der Waals surface area contributed by atoms with E-state index in [0.29, 0.717) is 0 Å². The topological polar surface area (TPSA) is 43.7 Å². The van der Waals surface area contributed by atoms with E-state index in [1.165, 1.54) is 43.5 Å². The fraction of sp³-hybridized carbons (Fsp3) is 0.438. The summed E-state index contributed by atoms with van der Waals surface area (Å²) in [6.07, 6.45) is 3.85. The predicted molar refractivity (Wildman–Crippen MR) is 148 cm³/mol. The van der Waals surface area contributed by atoms with Gasteiger partial charge in [0, 0.05) is 35.1 Å². The molecule has 0 radical (unpaired) electrons. The van der Waals surface area contributed by atoms with Gasteiger partial charge in [0.2, 0.25) is 0 Å². The fourth-order valence-electron chi connectivity index (χ4n) is 5.95. The van der Waals surface area contributed by atoms with E-state index >= 15 is 0 Å². The van der Waals surface area contributed by atoms with Crippen LogP contribution in [0.3, 0.4) is 0 Å². The molecule has 5 heteroatoms. The highest BCUT2D eigenvalue weighted by atomic mass is 16.5. The van der Waals surface area contributed by atoms with Gasteiger partial charge in [-0.15, -0.1) is 0 Å². The van der Waals surface area contributed by atoms with E-state index in [-0.39, 0.29) is 17.4 Å². The largest absolute Gasteiger partial charge is 0.582 e. The van der Waals surface area contributed by atoms with Gasteiger partial charge in [-0.3, -0.25) is 4.90 Å². The molecular formula is C32H40NO4+. The summed E-state index contributed by atoms with van der Waals surface area (Å²) in [5, 5.41) is 0. The van der Waals surface area contributed by atoms with Crippen LogP contribution >= 0.6 is 0 Å². The molecule has 0 saturated carbocycles. The lowest BCUT2D eigenvalue weighted by Gasteiger charge is -2.45. The van der Waals surface area contributed by atoms with Gasteiger partial charge in [0.1, 0.15) is 23.4 Å². The number of methoxy groups -OCH3 is 2. The molecule has 3 aromatic rings. The Labute approximate surface area is 221 Å². The quantitative estimate of drug-likeness (QED) is 0.325. The van der Waals surface area contributed by atoms with Gasteiger partial charge in [-0.25, -0.2) is 0 Å². The number of aliphatic hydroxyl groups is 1. The molecule has 0 amide bonds. The number of nitrogens with zero attached hydrogens (tertiary/aromatic N) is 1. The number of likely N-dealkylation sites (tertiary alicyclic amines) is 1. The van der Waals surface area contributed by atoms with Gasteiger partial charge in [-0.1, -0.05) is 38.5 Å². The van der Waals surface area contributed by atoms with Gasteiger partial charge >= 0.3 is 0 Å². The SMILES string of the molecule is COc1ccc(C2C(c3ccc([OH+]CCN4CCCCC4)cc3)Oc3cc(OC)ccc3C2(C)C)cc1. The second kappa shape index (κ2) is 11.1. The molecule has 2 heterocycles. The van der Waals surface area contributed by atoms with Crippen molar-refractivity contribution in [3.63, 3.8) is 0 Å². The molecule has 2 unspecified atom stereocenters. The summed E-state index contributed by atoms with van der Waals surface area (Å²) in [6, 6.07) is 23.2. The van der Waals surface area contributed by atoms with Crippen molar-refractivity contribution >= 4 is 0 Å². The Bertz CT molecular complexity index is 1170. The number of hydrogen-bond acceptors (Lipinski definition) is 4. The van der Waals surface area contributed by atoms with Crippen molar-refractivity contribution in [1.82, 2.24) is 4.90 Å². The minimum absolute atomic E-state index is 0.112. The Balaban J connectivity index is 1.41. The molecule has 0 spiro atoms. The highest BCUT2D eigenvalue weighted by Gasteiger charge is 2.45. The molecular weight excluding hydrogens is 462 g/mol. The Kier molecular flexibility index (Phi) is 7.61. The van der Waals surface area contributed by atoms with Crippen LogP contribution < -0.4 is 14.2 Å². The molecule has 0 aromatic heterocycles. The van der Waals surface area contributed by atoms with Crippen molar-refractivity contribution in [2.75, 3.05) is 40.5 Å². The first-order chi connectivity index (χ1) is 18.0. The Morgan fingerprint density at radius 3 is 2.16 bits per heavy atom. The van der Waals surface area contributed by atoms with E-state index in [9.17, 15) is 0 Å². The van der Waals surface area contributed by atoms with E-state index in [1.807, 2.05) is 24.3 Å². The highest BCUT2D eigenvalue weighted by molar-refractivity contribution is 5.51. The molecule has 5 nitrogen and oxygen atoms in total. The fourth-order valence-corrected chi connectivity index (χ4v) is 5.95. The third-order valence-corrected chi connectivity index (χ3v) is 8.07. The maximum absolute atomic E-state index is 6.77. The van der Waals surface area contributed by atoms with Crippen LogP contribution in [0.4, 0.5) is 0 Å². The van der Waals surface area contributed by atoms with Crippen LogP contribution in [-0.4, -0.2) is 50.1 Å². The normalized spacial score (nSPS) is 21.0. The molecule has 5 rings (SSSR count). The summed E-state index contributed by atoms with van der Waals surface area (Å²) in [5.74, 6) is 3.68. The minimum Gasteiger partial charge on any atom is -0.582 e. The number of fused-ring (bicyclic) bond motifs is 1. The van der Waals surface area contributed by atoms with Crippen LogP contribution in [0, 0.1) is 0 Å². The smallest absolute Gasteiger partial charge is 0.254 e. The summed E-state index contributed by atoms with van der Waals surface area (Å²) in [4.78, 5) is 2.53. The van der Waals surface area contributed by atoms with Crippen LogP contribution in [0.15, 0.2) is 66.7 Å². The van der Waals surface area contributed by atoms with Gasteiger partial charge in [-0.2, -0.15) is 0 Å². The number of hydrogen-bond donors (Lipinski definition) is 0. The molecule has 1 saturated heterocycles. The number of ether oxygens (including phenoxy) is 4. The van der Waals surface area contributed by atoms with Crippen molar-refractivity contribution in [3.05, 3.63) is 83.4 Å². The van der Waals surface area contributed by atoms with Gasteiger partial charge in [0.05, 0.1) is 20.8 Å². The van der Waals surface area contributed by atoms with Crippen LogP contribution in [0.5, 0.6) is 23.0 Å². The monoisotopic (exact) mass is 502 g/mol. The zero-order valence-electron chi connectivity index (χ0n) is 22.6. The first-order valence-corrected chi connectivity index (χ1v) is 13.5. The molecule has 3 aromatic carbocycles. The summed E-state index contributed by atoms with van der Waals surface area (Å²) >= 11 is 0. The first kappa shape index (κ1) is 25.5. The molecule has 37 heavy (non-hydrogen) atoms. The number of benzene rings is 3. The number of piperidine rings is 1. The lowest BCUT2D eigenvalue weighted by atomic mass is 9.65. The van der Waals surface area contributed by atoms with Crippen molar-refractivity contribution in [2.24, 2.45) is 0 Å². The molecule has 1 N–H and O–H groups in total. The molecule has 196 valence electrons. The minimum atomic E-state index is -0.170. The maximum atomic E-state index is 6.77. The van der Waals surface area contributed by atoms with Gasteiger partial charge in [-0.05, 0) is 67.4 Å². The lowest BCUT2D eigenvalue weighted by molar-refractivity contribution is 0.0423. The Morgan fingerprint density at radius 2 is 1.49 bits per heavy atom. The zero-order chi connectivity index (χ0) is 25.8. The Hall–Kier alpha value is -3.18. The predicted octanol–water partition coefficient (Wildman–Crippen LogP) is 6.63. The highest BCUT2D eigenvalue weighted by Crippen LogP contribution is 2.55. The second-order valence-corrected chi connectivity index (χ2v) is 10.7. The average Bonchev–Trinajstić information content (AvgIpc) is 2.93. The van der Waals surface area contributed by atoms with Crippen molar-refractivity contribution < 1.29 is 18.9 Å². The van der Waals surface area contributed by atoms with Crippen LogP contribution in [0.25, 0.3) is 0 Å². The summed E-state index contributed by atoms with van der Waals surface area (Å²) in [7, 11) is 3.40. The molecule has 2 aliphatic rings. The van der Waals surface area contributed by atoms with Gasteiger partial charge in [0.25, 0.3) is 5.75 Å². The van der Waals surface area contributed by atoms with E-state index in [1.54, 1.807) is 14.2 Å². The zero-order valence-corrected chi connectivity index (χ0v) is 22.6. The summed E-state index contributed by atoms with van der Waals surface area (Å²) < 4.78 is 22.6. The van der Waals surface area contributed by atoms with E-state index in [4.69, 9.17) is 18.9 Å².